The molecule has 6 nitrogen and oxygen atoms in total. The number of nitrogens with one attached hydrogen (secondary N) is 1. The fraction of sp³-hybridized carbons (Fsp3) is 0.318. The molecular weight excluding hydrogens is 371 g/mol. The number of hydrogen-bond acceptors (Lipinski definition) is 4. The van der Waals surface area contributed by atoms with Crippen LogP contribution in [0.4, 0.5) is 4.39 Å². The van der Waals surface area contributed by atoms with Gasteiger partial charge in [0.2, 0.25) is 5.88 Å². The first-order valence-corrected chi connectivity index (χ1v) is 9.89. The van der Waals surface area contributed by atoms with Crippen molar-refractivity contribution in [2.24, 2.45) is 0 Å². The van der Waals surface area contributed by atoms with E-state index < -0.39 is 0 Å². The lowest BCUT2D eigenvalue weighted by Gasteiger charge is -2.38. The normalized spacial score (nSPS) is 23.2. The predicted molar refractivity (Wildman–Crippen MR) is 105 cm³/mol. The Kier molecular flexibility index (Phi) is 4.50. The molecular formula is C22H21FN4O2. The van der Waals surface area contributed by atoms with E-state index in [0.29, 0.717) is 17.3 Å². The van der Waals surface area contributed by atoms with E-state index in [2.05, 4.69) is 15.2 Å². The van der Waals surface area contributed by atoms with Crippen LogP contribution in [0.5, 0.6) is 5.88 Å². The second kappa shape index (κ2) is 7.31. The van der Waals surface area contributed by atoms with E-state index in [1.54, 1.807) is 24.4 Å². The van der Waals surface area contributed by atoms with Gasteiger partial charge < -0.3 is 9.64 Å². The third kappa shape index (κ3) is 3.48. The minimum absolute atomic E-state index is 0.0327. The standard InChI is InChI=1S/C22H21FN4O2/c23-15-6-4-14(5-7-15)19-13-20(26-25-19)22(28)27-16-8-9-17(27)12-18(11-16)29-21-3-1-2-10-24-21/h1-7,10,13,16-18H,8-9,11-12H2,(H,25,26). The SMILES string of the molecule is O=C(c1cc(-c2ccc(F)cc2)n[nH]1)N1C2CCC1CC(Oc1ccccn1)C2. The lowest BCUT2D eigenvalue weighted by Crippen LogP contribution is -2.49. The van der Waals surface area contributed by atoms with Crippen molar-refractivity contribution in [1.29, 1.82) is 0 Å². The number of rotatable bonds is 4. The molecule has 0 spiro atoms. The second-order valence-corrected chi connectivity index (χ2v) is 7.65. The van der Waals surface area contributed by atoms with Crippen molar-refractivity contribution < 1.29 is 13.9 Å². The third-order valence-electron chi connectivity index (χ3n) is 5.80. The van der Waals surface area contributed by atoms with Crippen molar-refractivity contribution >= 4 is 5.91 Å². The number of benzene rings is 1. The van der Waals surface area contributed by atoms with E-state index in [4.69, 9.17) is 4.74 Å². The summed E-state index contributed by atoms with van der Waals surface area (Å²) in [7, 11) is 0. The van der Waals surface area contributed by atoms with Crippen molar-refractivity contribution in [2.45, 2.75) is 43.9 Å². The summed E-state index contributed by atoms with van der Waals surface area (Å²) in [5.74, 6) is 0.303. The summed E-state index contributed by atoms with van der Waals surface area (Å²) in [6.07, 6.45) is 5.37. The molecule has 1 amide bonds. The molecule has 0 saturated carbocycles. The lowest BCUT2D eigenvalue weighted by atomic mass is 9.99. The quantitative estimate of drug-likeness (QED) is 0.733. The number of pyridine rings is 1. The van der Waals surface area contributed by atoms with Gasteiger partial charge in [-0.2, -0.15) is 5.10 Å². The van der Waals surface area contributed by atoms with Crippen LogP contribution >= 0.6 is 0 Å². The van der Waals surface area contributed by atoms with Gasteiger partial charge in [0.15, 0.2) is 0 Å². The Morgan fingerprint density at radius 3 is 2.55 bits per heavy atom. The van der Waals surface area contributed by atoms with Gasteiger partial charge in [-0.05, 0) is 49.2 Å². The molecule has 0 radical (unpaired) electrons. The molecule has 5 rings (SSSR count). The molecule has 4 heterocycles. The van der Waals surface area contributed by atoms with Gasteiger partial charge in [-0.25, -0.2) is 9.37 Å². The van der Waals surface area contributed by atoms with Crippen molar-refractivity contribution in [1.82, 2.24) is 20.1 Å². The number of H-pyrrole nitrogens is 1. The first-order valence-electron chi connectivity index (χ1n) is 9.89. The number of fused-ring (bicyclic) bond motifs is 2. The average molecular weight is 392 g/mol. The van der Waals surface area contributed by atoms with E-state index in [9.17, 15) is 9.18 Å². The molecule has 0 aliphatic carbocycles. The number of halogens is 1. The maximum Gasteiger partial charge on any atom is 0.272 e. The Hall–Kier alpha value is -3.22. The van der Waals surface area contributed by atoms with E-state index in [-0.39, 0.29) is 29.9 Å². The molecule has 2 aliphatic rings. The molecule has 3 aromatic rings. The highest BCUT2D eigenvalue weighted by atomic mass is 19.1. The summed E-state index contributed by atoms with van der Waals surface area (Å²) in [6, 6.07) is 13.8. The Morgan fingerprint density at radius 2 is 1.86 bits per heavy atom. The molecule has 2 fully saturated rings. The van der Waals surface area contributed by atoms with Gasteiger partial charge in [-0.15, -0.1) is 0 Å². The van der Waals surface area contributed by atoms with Crippen molar-refractivity contribution in [2.75, 3.05) is 0 Å². The third-order valence-corrected chi connectivity index (χ3v) is 5.80. The van der Waals surface area contributed by atoms with Gasteiger partial charge in [0, 0.05) is 42.8 Å². The van der Waals surface area contributed by atoms with Crippen LogP contribution in [0.2, 0.25) is 0 Å². The van der Waals surface area contributed by atoms with Gasteiger partial charge in [0.25, 0.3) is 5.91 Å². The number of nitrogens with zero attached hydrogens (tertiary/aromatic N) is 3. The summed E-state index contributed by atoms with van der Waals surface area (Å²) in [5.41, 5.74) is 1.87. The Labute approximate surface area is 167 Å². The highest BCUT2D eigenvalue weighted by Gasteiger charge is 2.44. The molecule has 2 bridgehead atoms. The molecule has 7 heteroatoms. The van der Waals surface area contributed by atoms with E-state index in [1.165, 1.54) is 12.1 Å². The van der Waals surface area contributed by atoms with Gasteiger partial charge >= 0.3 is 0 Å². The van der Waals surface area contributed by atoms with Gasteiger partial charge in [-0.3, -0.25) is 9.89 Å². The van der Waals surface area contributed by atoms with Crippen LogP contribution in [-0.2, 0) is 0 Å². The number of carbonyl (C=O) groups excluding carboxylic acids is 1. The monoisotopic (exact) mass is 392 g/mol. The highest BCUT2D eigenvalue weighted by molar-refractivity contribution is 5.94. The zero-order chi connectivity index (χ0) is 19.8. The zero-order valence-electron chi connectivity index (χ0n) is 15.8. The van der Waals surface area contributed by atoms with Crippen LogP contribution in [0, 0.1) is 5.82 Å². The fourth-order valence-electron chi connectivity index (χ4n) is 4.48. The molecule has 2 atom stereocenters. The minimum atomic E-state index is -0.298. The molecule has 1 N–H and O–H groups in total. The largest absolute Gasteiger partial charge is 0.474 e. The van der Waals surface area contributed by atoms with E-state index in [0.717, 1.165) is 31.2 Å². The average Bonchev–Trinajstić information content (AvgIpc) is 3.32. The van der Waals surface area contributed by atoms with Crippen molar-refractivity contribution in [3.63, 3.8) is 0 Å². The maximum atomic E-state index is 13.2. The molecule has 148 valence electrons. The summed E-state index contributed by atoms with van der Waals surface area (Å²) in [4.78, 5) is 19.4. The van der Waals surface area contributed by atoms with E-state index >= 15 is 0 Å². The second-order valence-electron chi connectivity index (χ2n) is 7.65. The smallest absolute Gasteiger partial charge is 0.272 e. The topological polar surface area (TPSA) is 71.1 Å². The number of piperidine rings is 1. The highest BCUT2D eigenvalue weighted by Crippen LogP contribution is 2.38. The minimum Gasteiger partial charge on any atom is -0.474 e. The molecule has 1 aromatic carbocycles. The molecule has 29 heavy (non-hydrogen) atoms. The van der Waals surface area contributed by atoms with Crippen LogP contribution in [0.1, 0.15) is 36.2 Å². The van der Waals surface area contributed by atoms with Gasteiger partial charge in [0.05, 0.1) is 5.69 Å². The fourth-order valence-corrected chi connectivity index (χ4v) is 4.48. The number of amides is 1. The van der Waals surface area contributed by atoms with Crippen LogP contribution in [-0.4, -0.2) is 44.2 Å². The van der Waals surface area contributed by atoms with E-state index in [1.807, 2.05) is 23.1 Å². The van der Waals surface area contributed by atoms with Crippen molar-refractivity contribution in [3.05, 3.63) is 66.2 Å². The van der Waals surface area contributed by atoms with Crippen LogP contribution in [0.15, 0.2) is 54.7 Å². The Bertz CT molecular complexity index is 991. The number of hydrogen-bond donors (Lipinski definition) is 1. The number of aromatic amines is 1. The molecule has 2 aromatic heterocycles. The van der Waals surface area contributed by atoms with Gasteiger partial charge in [-0.1, -0.05) is 6.07 Å². The number of carbonyl (C=O) groups is 1. The van der Waals surface area contributed by atoms with Gasteiger partial charge in [0.1, 0.15) is 17.6 Å². The Balaban J connectivity index is 1.29. The van der Waals surface area contributed by atoms with Crippen LogP contribution in [0.25, 0.3) is 11.3 Å². The van der Waals surface area contributed by atoms with Crippen LogP contribution in [0.3, 0.4) is 0 Å². The van der Waals surface area contributed by atoms with Crippen molar-refractivity contribution in [3.8, 4) is 17.1 Å². The molecule has 2 aliphatic heterocycles. The predicted octanol–water partition coefficient (Wildman–Crippen LogP) is 3.83. The molecule has 2 saturated heterocycles. The Morgan fingerprint density at radius 1 is 1.10 bits per heavy atom. The summed E-state index contributed by atoms with van der Waals surface area (Å²) in [6.45, 7) is 0. The zero-order valence-corrected chi connectivity index (χ0v) is 15.8. The number of aromatic nitrogens is 3. The number of ether oxygens (including phenoxy) is 1. The summed E-state index contributed by atoms with van der Waals surface area (Å²) >= 11 is 0. The summed E-state index contributed by atoms with van der Waals surface area (Å²) in [5, 5.41) is 7.11. The first-order chi connectivity index (χ1) is 14.2. The lowest BCUT2D eigenvalue weighted by molar-refractivity contribution is 0.0343. The van der Waals surface area contributed by atoms with Crippen LogP contribution < -0.4 is 4.74 Å². The summed E-state index contributed by atoms with van der Waals surface area (Å²) < 4.78 is 19.2. The first kappa shape index (κ1) is 17.8. The molecule has 2 unspecified atom stereocenters. The maximum absolute atomic E-state index is 13.2.